The second-order valence-corrected chi connectivity index (χ2v) is 9.16. The number of hydrogen-bond acceptors (Lipinski definition) is 5. The lowest BCUT2D eigenvalue weighted by molar-refractivity contribution is -0.131. The van der Waals surface area contributed by atoms with E-state index in [1.54, 1.807) is 44.4 Å². The molecule has 1 fully saturated rings. The Hall–Kier alpha value is -1.97. The van der Waals surface area contributed by atoms with Gasteiger partial charge in [-0.25, -0.2) is 13.1 Å². The number of sulfonamides is 1. The van der Waals surface area contributed by atoms with E-state index in [0.29, 0.717) is 32.5 Å². The van der Waals surface area contributed by atoms with Gasteiger partial charge in [-0.3, -0.25) is 9.59 Å². The van der Waals surface area contributed by atoms with E-state index in [0.717, 1.165) is 12.8 Å². The van der Waals surface area contributed by atoms with E-state index in [1.807, 2.05) is 0 Å². The molecular formula is C20H31N3O5S. The van der Waals surface area contributed by atoms with Crippen LogP contribution in [0.4, 0.5) is 0 Å². The summed E-state index contributed by atoms with van der Waals surface area (Å²) in [7, 11) is -1.95. The molecule has 0 bridgehead atoms. The van der Waals surface area contributed by atoms with Crippen molar-refractivity contribution >= 4 is 21.8 Å². The zero-order valence-corrected chi connectivity index (χ0v) is 17.8. The van der Waals surface area contributed by atoms with E-state index in [1.165, 1.54) is 0 Å². The zero-order chi connectivity index (χ0) is 21.3. The number of amides is 2. The molecule has 1 atom stereocenters. The fourth-order valence-electron chi connectivity index (χ4n) is 3.37. The summed E-state index contributed by atoms with van der Waals surface area (Å²) in [4.78, 5) is 24.6. The van der Waals surface area contributed by atoms with Crippen molar-refractivity contribution in [2.24, 2.45) is 11.8 Å². The lowest BCUT2D eigenvalue weighted by atomic mass is 9.81. The lowest BCUT2D eigenvalue weighted by Gasteiger charge is -2.28. The Labute approximate surface area is 172 Å². The van der Waals surface area contributed by atoms with Gasteiger partial charge >= 0.3 is 0 Å². The molecule has 0 aliphatic heterocycles. The van der Waals surface area contributed by atoms with E-state index in [-0.39, 0.29) is 28.5 Å². The van der Waals surface area contributed by atoms with Gasteiger partial charge in [-0.05, 0) is 50.7 Å². The van der Waals surface area contributed by atoms with E-state index in [2.05, 4.69) is 15.4 Å². The summed E-state index contributed by atoms with van der Waals surface area (Å²) in [6.45, 7) is 2.85. The summed E-state index contributed by atoms with van der Waals surface area (Å²) in [5.41, 5.74) is 0. The van der Waals surface area contributed by atoms with E-state index in [9.17, 15) is 18.0 Å². The summed E-state index contributed by atoms with van der Waals surface area (Å²) in [6.07, 6.45) is 2.90. The molecule has 1 unspecified atom stereocenters. The van der Waals surface area contributed by atoms with Crippen molar-refractivity contribution in [2.45, 2.75) is 43.5 Å². The van der Waals surface area contributed by atoms with Gasteiger partial charge in [-0.2, -0.15) is 0 Å². The highest BCUT2D eigenvalue weighted by Crippen LogP contribution is 2.29. The Morgan fingerprint density at radius 1 is 1.14 bits per heavy atom. The maximum atomic E-state index is 12.4. The molecule has 1 aromatic carbocycles. The predicted octanol–water partition coefficient (Wildman–Crippen LogP) is 1.04. The first-order valence-electron chi connectivity index (χ1n) is 9.95. The molecule has 0 heterocycles. The largest absolute Gasteiger partial charge is 0.383 e. The van der Waals surface area contributed by atoms with Gasteiger partial charge in [0.05, 0.1) is 11.5 Å². The van der Waals surface area contributed by atoms with E-state index in [4.69, 9.17) is 4.74 Å². The first kappa shape index (κ1) is 23.3. The topological polar surface area (TPSA) is 114 Å². The minimum Gasteiger partial charge on any atom is -0.383 e. The zero-order valence-electron chi connectivity index (χ0n) is 17.0. The Morgan fingerprint density at radius 2 is 1.79 bits per heavy atom. The molecule has 1 aromatic rings. The monoisotopic (exact) mass is 425 g/mol. The quantitative estimate of drug-likeness (QED) is 0.485. The van der Waals surface area contributed by atoms with Crippen LogP contribution in [0.25, 0.3) is 0 Å². The fraction of sp³-hybridized carbons (Fsp3) is 0.600. The van der Waals surface area contributed by atoms with Crippen LogP contribution in [-0.4, -0.2) is 53.1 Å². The molecule has 1 aliphatic carbocycles. The second kappa shape index (κ2) is 11.3. The number of rotatable bonds is 10. The Kier molecular flexibility index (Phi) is 9.06. The van der Waals surface area contributed by atoms with Gasteiger partial charge in [0, 0.05) is 26.1 Å². The van der Waals surface area contributed by atoms with Gasteiger partial charge in [0.1, 0.15) is 6.04 Å². The molecule has 0 spiro atoms. The van der Waals surface area contributed by atoms with Crippen molar-refractivity contribution < 1.29 is 22.7 Å². The molecule has 162 valence electrons. The number of nitrogens with one attached hydrogen (secondary N) is 3. The van der Waals surface area contributed by atoms with Crippen LogP contribution < -0.4 is 15.4 Å². The average molecular weight is 426 g/mol. The number of methoxy groups -OCH3 is 1. The number of carbonyl (C=O) groups excluding carboxylic acids is 2. The minimum atomic E-state index is -3.51. The minimum absolute atomic E-state index is 0.122. The summed E-state index contributed by atoms with van der Waals surface area (Å²) < 4.78 is 32.2. The number of hydrogen-bond donors (Lipinski definition) is 3. The maximum Gasteiger partial charge on any atom is 0.242 e. The Morgan fingerprint density at radius 3 is 2.41 bits per heavy atom. The highest BCUT2D eigenvalue weighted by atomic mass is 32.2. The molecule has 2 rings (SSSR count). The molecular weight excluding hydrogens is 394 g/mol. The molecule has 9 heteroatoms. The average Bonchev–Trinajstić information content (AvgIpc) is 2.73. The van der Waals surface area contributed by atoms with Crippen molar-refractivity contribution in [3.63, 3.8) is 0 Å². The molecule has 0 aromatic heterocycles. The SMILES string of the molecule is COCCNC(=O)C(C)NC(=O)C1CCC(CNS(=O)(=O)c2ccccc2)CC1. The van der Waals surface area contributed by atoms with E-state index >= 15 is 0 Å². The smallest absolute Gasteiger partial charge is 0.242 e. The number of benzene rings is 1. The highest BCUT2D eigenvalue weighted by Gasteiger charge is 2.28. The van der Waals surface area contributed by atoms with E-state index < -0.39 is 16.1 Å². The number of ether oxygens (including phenoxy) is 1. The Bertz CT molecular complexity index is 762. The van der Waals surface area contributed by atoms with Gasteiger partial charge < -0.3 is 15.4 Å². The van der Waals surface area contributed by atoms with Gasteiger partial charge in [0.25, 0.3) is 0 Å². The third kappa shape index (κ3) is 7.41. The lowest BCUT2D eigenvalue weighted by Crippen LogP contribution is -2.47. The third-order valence-corrected chi connectivity index (χ3v) is 6.63. The number of carbonyl (C=O) groups is 2. The van der Waals surface area contributed by atoms with Crippen LogP contribution in [0.5, 0.6) is 0 Å². The van der Waals surface area contributed by atoms with Crippen LogP contribution in [0.1, 0.15) is 32.6 Å². The molecule has 0 saturated heterocycles. The van der Waals surface area contributed by atoms with Crippen LogP contribution in [0.15, 0.2) is 35.2 Å². The fourth-order valence-corrected chi connectivity index (χ4v) is 4.50. The maximum absolute atomic E-state index is 12.4. The van der Waals surface area contributed by atoms with Crippen molar-refractivity contribution in [1.82, 2.24) is 15.4 Å². The van der Waals surface area contributed by atoms with Gasteiger partial charge in [0.15, 0.2) is 0 Å². The summed E-state index contributed by atoms with van der Waals surface area (Å²) >= 11 is 0. The van der Waals surface area contributed by atoms with Gasteiger partial charge in [-0.1, -0.05) is 18.2 Å². The van der Waals surface area contributed by atoms with Gasteiger partial charge in [-0.15, -0.1) is 0 Å². The molecule has 2 amide bonds. The van der Waals surface area contributed by atoms with Crippen molar-refractivity contribution in [2.75, 3.05) is 26.8 Å². The third-order valence-electron chi connectivity index (χ3n) is 5.19. The molecule has 3 N–H and O–H groups in total. The summed E-state index contributed by atoms with van der Waals surface area (Å²) in [5, 5.41) is 5.46. The van der Waals surface area contributed by atoms with Crippen LogP contribution in [-0.2, 0) is 24.3 Å². The second-order valence-electron chi connectivity index (χ2n) is 7.40. The molecule has 0 radical (unpaired) electrons. The van der Waals surface area contributed by atoms with Crippen molar-refractivity contribution in [3.8, 4) is 0 Å². The van der Waals surface area contributed by atoms with Crippen molar-refractivity contribution in [1.29, 1.82) is 0 Å². The van der Waals surface area contributed by atoms with Crippen molar-refractivity contribution in [3.05, 3.63) is 30.3 Å². The normalized spacial score (nSPS) is 20.6. The predicted molar refractivity (Wildman–Crippen MR) is 110 cm³/mol. The highest BCUT2D eigenvalue weighted by molar-refractivity contribution is 7.89. The first-order chi connectivity index (χ1) is 13.8. The first-order valence-corrected chi connectivity index (χ1v) is 11.4. The summed E-state index contributed by atoms with van der Waals surface area (Å²) in [6, 6.07) is 7.69. The Balaban J connectivity index is 1.73. The van der Waals surface area contributed by atoms with Crippen LogP contribution in [0, 0.1) is 11.8 Å². The van der Waals surface area contributed by atoms with Crippen LogP contribution >= 0.6 is 0 Å². The molecule has 1 aliphatic rings. The standard InChI is InChI=1S/C20H31N3O5S/c1-15(19(24)21-12-13-28-2)23-20(25)17-10-8-16(9-11-17)14-22-29(26,27)18-6-4-3-5-7-18/h3-7,15-17,22H,8-14H2,1-2H3,(H,21,24)(H,23,25). The molecule has 8 nitrogen and oxygen atoms in total. The summed E-state index contributed by atoms with van der Waals surface area (Å²) in [5.74, 6) is -0.305. The van der Waals surface area contributed by atoms with Gasteiger partial charge in [0.2, 0.25) is 21.8 Å². The van der Waals surface area contributed by atoms with Crippen LogP contribution in [0.2, 0.25) is 0 Å². The molecule has 1 saturated carbocycles. The van der Waals surface area contributed by atoms with Crippen LogP contribution in [0.3, 0.4) is 0 Å². The molecule has 29 heavy (non-hydrogen) atoms.